The lowest BCUT2D eigenvalue weighted by molar-refractivity contribution is -0.137. The molecule has 1 aliphatic heterocycles. The van der Waals surface area contributed by atoms with E-state index in [1.807, 2.05) is 0 Å². The van der Waals surface area contributed by atoms with Gasteiger partial charge in [-0.2, -0.15) is 0 Å². The van der Waals surface area contributed by atoms with E-state index in [0.29, 0.717) is 16.7 Å². The summed E-state index contributed by atoms with van der Waals surface area (Å²) in [5, 5.41) is 1.08. The van der Waals surface area contributed by atoms with Crippen molar-refractivity contribution in [2.75, 3.05) is 6.61 Å². The minimum Gasteiger partial charge on any atom is -0.465 e. The molecule has 1 aromatic rings. The number of rotatable bonds is 2. The van der Waals surface area contributed by atoms with Gasteiger partial charge in [0.05, 0.1) is 11.6 Å². The number of ether oxygens (including phenoxy) is 1. The average molecular weight is 263 g/mol. The summed E-state index contributed by atoms with van der Waals surface area (Å²) in [7, 11) is 0. The van der Waals surface area contributed by atoms with E-state index >= 15 is 0 Å². The van der Waals surface area contributed by atoms with Gasteiger partial charge in [0.2, 0.25) is 0 Å². The molecule has 1 aromatic carbocycles. The summed E-state index contributed by atoms with van der Waals surface area (Å²) in [4.78, 5) is 12.1. The molecule has 1 aliphatic rings. The Morgan fingerprint density at radius 1 is 1.40 bits per heavy atom. The molecule has 0 aliphatic carbocycles. The maximum Gasteiger partial charge on any atom is 0.319 e. The van der Waals surface area contributed by atoms with Crippen LogP contribution < -0.4 is 0 Å². The van der Waals surface area contributed by atoms with Crippen molar-refractivity contribution in [2.24, 2.45) is 0 Å². The number of hydrogen-bond donors (Lipinski definition) is 0. The van der Waals surface area contributed by atoms with Crippen LogP contribution in [0.2, 0.25) is 10.0 Å². The lowest BCUT2D eigenvalue weighted by Gasteiger charge is -2.07. The number of benzene rings is 1. The first-order valence-electron chi connectivity index (χ1n) is 4.45. The van der Waals surface area contributed by atoms with Gasteiger partial charge in [0.1, 0.15) is 5.25 Å². The van der Waals surface area contributed by atoms with Crippen LogP contribution >= 0.6 is 35.0 Å². The Bertz CT molecular complexity index is 395. The zero-order valence-electron chi connectivity index (χ0n) is 7.70. The number of halogens is 2. The van der Waals surface area contributed by atoms with Crippen molar-refractivity contribution in [1.82, 2.24) is 0 Å². The molecule has 15 heavy (non-hydrogen) atoms. The predicted molar refractivity (Wildman–Crippen MR) is 61.7 cm³/mol. The fraction of sp³-hybridized carbons (Fsp3) is 0.300. The summed E-state index contributed by atoms with van der Waals surface area (Å²) in [5.74, 6) is -0.170. The van der Waals surface area contributed by atoms with Gasteiger partial charge in [-0.05, 0) is 18.2 Å². The molecule has 0 radical (unpaired) electrons. The number of hydrogen-bond acceptors (Lipinski definition) is 3. The summed E-state index contributed by atoms with van der Waals surface area (Å²) < 4.78 is 4.87. The van der Waals surface area contributed by atoms with Crippen molar-refractivity contribution < 1.29 is 9.53 Å². The minimum absolute atomic E-state index is 0.152. The number of esters is 1. The molecule has 0 bridgehead atoms. The van der Waals surface area contributed by atoms with Gasteiger partial charge >= 0.3 is 5.97 Å². The topological polar surface area (TPSA) is 26.3 Å². The first kappa shape index (κ1) is 11.1. The zero-order valence-corrected chi connectivity index (χ0v) is 10.0. The van der Waals surface area contributed by atoms with Gasteiger partial charge in [0.25, 0.3) is 0 Å². The van der Waals surface area contributed by atoms with E-state index in [9.17, 15) is 4.79 Å². The fourth-order valence-electron chi connectivity index (χ4n) is 1.31. The number of carbonyl (C=O) groups is 1. The summed E-state index contributed by atoms with van der Waals surface area (Å²) in [5.41, 5.74) is 0. The molecule has 0 N–H and O–H groups in total. The van der Waals surface area contributed by atoms with Crippen LogP contribution in [0.3, 0.4) is 0 Å². The highest BCUT2D eigenvalue weighted by molar-refractivity contribution is 8.00. The molecule has 1 fully saturated rings. The molecule has 1 heterocycles. The van der Waals surface area contributed by atoms with E-state index in [1.54, 1.807) is 18.2 Å². The highest BCUT2D eigenvalue weighted by Gasteiger charge is 2.28. The quantitative estimate of drug-likeness (QED) is 0.765. The highest BCUT2D eigenvalue weighted by atomic mass is 35.5. The summed E-state index contributed by atoms with van der Waals surface area (Å²) in [6.07, 6.45) is 0.729. The highest BCUT2D eigenvalue weighted by Crippen LogP contribution is 2.35. The number of carbonyl (C=O) groups excluding carboxylic acids is 1. The van der Waals surface area contributed by atoms with Gasteiger partial charge < -0.3 is 4.74 Å². The molecule has 5 heteroatoms. The smallest absolute Gasteiger partial charge is 0.319 e. The summed E-state index contributed by atoms with van der Waals surface area (Å²) in [6, 6.07) is 5.22. The lowest BCUT2D eigenvalue weighted by atomic mass is 10.3. The van der Waals surface area contributed by atoms with E-state index in [0.717, 1.165) is 11.3 Å². The minimum atomic E-state index is -0.170. The van der Waals surface area contributed by atoms with Gasteiger partial charge in [-0.3, -0.25) is 4.79 Å². The second kappa shape index (κ2) is 4.64. The van der Waals surface area contributed by atoms with Gasteiger partial charge in [-0.15, -0.1) is 11.8 Å². The molecule has 2 rings (SSSR count). The van der Waals surface area contributed by atoms with Gasteiger partial charge in [0, 0.05) is 16.3 Å². The molecule has 0 aromatic heterocycles. The molecular weight excluding hydrogens is 255 g/mol. The Morgan fingerprint density at radius 2 is 2.20 bits per heavy atom. The largest absolute Gasteiger partial charge is 0.465 e. The maximum absolute atomic E-state index is 11.3. The van der Waals surface area contributed by atoms with Crippen molar-refractivity contribution in [3.8, 4) is 0 Å². The summed E-state index contributed by atoms with van der Waals surface area (Å²) >= 11 is 13.3. The lowest BCUT2D eigenvalue weighted by Crippen LogP contribution is -2.09. The van der Waals surface area contributed by atoms with Crippen LogP contribution in [0.25, 0.3) is 0 Å². The fourth-order valence-corrected chi connectivity index (χ4v) is 2.85. The van der Waals surface area contributed by atoms with Crippen LogP contribution in [0.1, 0.15) is 6.42 Å². The van der Waals surface area contributed by atoms with Crippen molar-refractivity contribution >= 4 is 40.9 Å². The third kappa shape index (κ3) is 2.60. The molecular formula is C10H8Cl2O2S. The Balaban J connectivity index is 2.16. The zero-order chi connectivity index (χ0) is 10.8. The summed E-state index contributed by atoms with van der Waals surface area (Å²) in [6.45, 7) is 0.495. The molecule has 0 saturated carbocycles. The Morgan fingerprint density at radius 3 is 2.87 bits per heavy atom. The van der Waals surface area contributed by atoms with Crippen molar-refractivity contribution in [1.29, 1.82) is 0 Å². The van der Waals surface area contributed by atoms with Gasteiger partial charge in [0.15, 0.2) is 0 Å². The van der Waals surface area contributed by atoms with E-state index in [-0.39, 0.29) is 11.2 Å². The van der Waals surface area contributed by atoms with E-state index in [4.69, 9.17) is 27.9 Å². The first-order valence-corrected chi connectivity index (χ1v) is 6.09. The standard InChI is InChI=1S/C10H8Cl2O2S/c11-6-1-2-7(12)9(5-6)15-8-3-4-14-10(8)13/h1-2,5,8H,3-4H2/t8-/m1/s1. The van der Waals surface area contributed by atoms with Crippen LogP contribution in [-0.4, -0.2) is 17.8 Å². The molecule has 1 saturated heterocycles. The van der Waals surface area contributed by atoms with Crippen molar-refractivity contribution in [3.05, 3.63) is 28.2 Å². The van der Waals surface area contributed by atoms with Crippen LogP contribution in [-0.2, 0) is 9.53 Å². The molecule has 0 spiro atoms. The molecule has 80 valence electrons. The Hall–Kier alpha value is -0.380. The molecule has 0 amide bonds. The average Bonchev–Trinajstić information content (AvgIpc) is 2.58. The first-order chi connectivity index (χ1) is 7.16. The van der Waals surface area contributed by atoms with Crippen molar-refractivity contribution in [2.45, 2.75) is 16.6 Å². The maximum atomic E-state index is 11.3. The van der Waals surface area contributed by atoms with E-state index in [1.165, 1.54) is 11.8 Å². The third-order valence-corrected chi connectivity index (χ3v) is 4.03. The monoisotopic (exact) mass is 262 g/mol. The number of thioether (sulfide) groups is 1. The van der Waals surface area contributed by atoms with E-state index in [2.05, 4.69) is 0 Å². The molecule has 1 atom stereocenters. The third-order valence-electron chi connectivity index (χ3n) is 2.05. The number of cyclic esters (lactones) is 1. The normalized spacial score (nSPS) is 20.4. The second-order valence-corrected chi connectivity index (χ2v) is 5.23. The van der Waals surface area contributed by atoms with Gasteiger partial charge in [-0.1, -0.05) is 23.2 Å². The molecule has 2 nitrogen and oxygen atoms in total. The SMILES string of the molecule is O=C1OCC[C@H]1Sc1cc(Cl)ccc1Cl. The van der Waals surface area contributed by atoms with E-state index < -0.39 is 0 Å². The van der Waals surface area contributed by atoms with Crippen LogP contribution in [0.4, 0.5) is 0 Å². The van der Waals surface area contributed by atoms with Crippen LogP contribution in [0, 0.1) is 0 Å². The van der Waals surface area contributed by atoms with Crippen LogP contribution in [0.5, 0.6) is 0 Å². The Kier molecular flexibility index (Phi) is 3.44. The van der Waals surface area contributed by atoms with Crippen molar-refractivity contribution in [3.63, 3.8) is 0 Å². The van der Waals surface area contributed by atoms with Crippen LogP contribution in [0.15, 0.2) is 23.1 Å². The Labute approximate surface area is 102 Å². The predicted octanol–water partition coefficient (Wildman–Crippen LogP) is 3.40. The molecule has 0 unspecified atom stereocenters. The second-order valence-electron chi connectivity index (χ2n) is 3.14. The van der Waals surface area contributed by atoms with Gasteiger partial charge in [-0.25, -0.2) is 0 Å².